The van der Waals surface area contributed by atoms with Crippen molar-refractivity contribution in [3.8, 4) is 5.75 Å². The molecule has 0 heterocycles. The third-order valence-electron chi connectivity index (χ3n) is 3.05. The van der Waals surface area contributed by atoms with E-state index in [4.69, 9.17) is 10.6 Å². The molecule has 0 atom stereocenters. The van der Waals surface area contributed by atoms with Gasteiger partial charge in [0.05, 0.1) is 0 Å². The summed E-state index contributed by atoms with van der Waals surface area (Å²) in [6.45, 7) is 12.2. The van der Waals surface area contributed by atoms with Gasteiger partial charge in [-0.05, 0) is 28.9 Å². The van der Waals surface area contributed by atoms with Crippen LogP contribution < -0.4 is 10.6 Å². The number of rotatable bonds is 6. The van der Waals surface area contributed by atoms with Crippen molar-refractivity contribution in [1.29, 1.82) is 0 Å². The summed E-state index contributed by atoms with van der Waals surface area (Å²) in [4.78, 5) is 4.54. The molecule has 1 rings (SSSR count). The molecule has 19 heavy (non-hydrogen) atoms. The van der Waals surface area contributed by atoms with Crippen LogP contribution in [0.2, 0.25) is 0 Å². The molecule has 0 aliphatic heterocycles. The van der Waals surface area contributed by atoms with Gasteiger partial charge in [0.1, 0.15) is 19.0 Å². The number of nitrogens with two attached hydrogens (primary N) is 1. The first kappa shape index (κ1) is 16.0. The van der Waals surface area contributed by atoms with Crippen molar-refractivity contribution in [1.82, 2.24) is 0 Å². The maximum absolute atomic E-state index is 5.77. The zero-order valence-electron chi connectivity index (χ0n) is 12.8. The Morgan fingerprint density at radius 3 is 2.21 bits per heavy atom. The summed E-state index contributed by atoms with van der Waals surface area (Å²) < 4.78 is 5.77. The average Bonchev–Trinajstić information content (AvgIpc) is 2.27. The van der Waals surface area contributed by atoms with Gasteiger partial charge in [-0.3, -0.25) is 0 Å². The standard InChI is InChI=1S/C16H27NO2/c1-15(2,3)12-16(4,5)13-8-6-7-9-14(13)18-10-11-19-17/h6-9H,10-12,17H2,1-5H3. The third-order valence-corrected chi connectivity index (χ3v) is 3.05. The first-order valence-corrected chi connectivity index (χ1v) is 6.80. The molecule has 0 radical (unpaired) electrons. The minimum Gasteiger partial charge on any atom is -0.491 e. The fourth-order valence-corrected chi connectivity index (χ4v) is 2.77. The van der Waals surface area contributed by atoms with Gasteiger partial charge in [-0.15, -0.1) is 0 Å². The van der Waals surface area contributed by atoms with Crippen molar-refractivity contribution in [2.24, 2.45) is 11.3 Å². The molecule has 0 saturated carbocycles. The van der Waals surface area contributed by atoms with Gasteiger partial charge in [0, 0.05) is 0 Å². The molecule has 0 unspecified atom stereocenters. The zero-order valence-corrected chi connectivity index (χ0v) is 12.8. The van der Waals surface area contributed by atoms with Crippen molar-refractivity contribution >= 4 is 0 Å². The van der Waals surface area contributed by atoms with Crippen molar-refractivity contribution < 1.29 is 9.57 Å². The highest BCUT2D eigenvalue weighted by Crippen LogP contribution is 2.40. The van der Waals surface area contributed by atoms with Crippen LogP contribution >= 0.6 is 0 Å². The van der Waals surface area contributed by atoms with Crippen LogP contribution in [0.15, 0.2) is 24.3 Å². The molecule has 1 aromatic carbocycles. The van der Waals surface area contributed by atoms with Crippen molar-refractivity contribution in [3.05, 3.63) is 29.8 Å². The molecule has 108 valence electrons. The molecule has 0 amide bonds. The summed E-state index contributed by atoms with van der Waals surface area (Å²) in [7, 11) is 0. The van der Waals surface area contributed by atoms with E-state index in [-0.39, 0.29) is 10.8 Å². The largest absolute Gasteiger partial charge is 0.491 e. The average molecular weight is 265 g/mol. The number of ether oxygens (including phenoxy) is 1. The van der Waals surface area contributed by atoms with Crippen LogP contribution in [0, 0.1) is 5.41 Å². The van der Waals surface area contributed by atoms with Gasteiger partial charge in [0.25, 0.3) is 0 Å². The lowest BCUT2D eigenvalue weighted by Gasteiger charge is -2.34. The molecular formula is C16H27NO2. The molecule has 3 nitrogen and oxygen atoms in total. The summed E-state index contributed by atoms with van der Waals surface area (Å²) in [5, 5.41) is 0. The highest BCUT2D eigenvalue weighted by Gasteiger charge is 2.29. The summed E-state index contributed by atoms with van der Waals surface area (Å²) in [5.41, 5.74) is 1.58. The molecule has 1 aromatic rings. The fraction of sp³-hybridized carbons (Fsp3) is 0.625. The number of hydrogen-bond donors (Lipinski definition) is 1. The van der Waals surface area contributed by atoms with Crippen LogP contribution in [-0.4, -0.2) is 13.2 Å². The summed E-state index contributed by atoms with van der Waals surface area (Å²) in [6.07, 6.45) is 1.09. The molecule has 0 saturated heterocycles. The summed E-state index contributed by atoms with van der Waals surface area (Å²) in [6, 6.07) is 8.21. The van der Waals surface area contributed by atoms with E-state index in [1.54, 1.807) is 0 Å². The Labute approximate surface area is 117 Å². The van der Waals surface area contributed by atoms with Gasteiger partial charge < -0.3 is 9.57 Å². The number of para-hydroxylation sites is 1. The summed E-state index contributed by atoms with van der Waals surface area (Å²) >= 11 is 0. The Bertz CT molecular complexity index is 394. The SMILES string of the molecule is CC(C)(C)CC(C)(C)c1ccccc1OCCON. The van der Waals surface area contributed by atoms with E-state index in [9.17, 15) is 0 Å². The quantitative estimate of drug-likeness (QED) is 0.630. The van der Waals surface area contributed by atoms with Crippen LogP contribution in [0.5, 0.6) is 5.75 Å². The second-order valence-electron chi connectivity index (χ2n) is 6.84. The molecule has 0 aliphatic rings. The van der Waals surface area contributed by atoms with E-state index in [2.05, 4.69) is 51.6 Å². The second kappa shape index (κ2) is 6.40. The van der Waals surface area contributed by atoms with Crippen LogP contribution in [0.1, 0.15) is 46.6 Å². The summed E-state index contributed by atoms with van der Waals surface area (Å²) in [5.74, 6) is 5.94. The van der Waals surface area contributed by atoms with Crippen LogP contribution in [0.4, 0.5) is 0 Å². The Morgan fingerprint density at radius 2 is 1.63 bits per heavy atom. The Balaban J connectivity index is 2.92. The van der Waals surface area contributed by atoms with E-state index in [0.717, 1.165) is 12.2 Å². The maximum atomic E-state index is 5.77. The smallest absolute Gasteiger partial charge is 0.123 e. The number of benzene rings is 1. The van der Waals surface area contributed by atoms with E-state index >= 15 is 0 Å². The van der Waals surface area contributed by atoms with Gasteiger partial charge in [-0.2, -0.15) is 0 Å². The van der Waals surface area contributed by atoms with Crippen molar-refractivity contribution in [2.75, 3.05) is 13.2 Å². The first-order valence-electron chi connectivity index (χ1n) is 6.80. The molecule has 0 aromatic heterocycles. The highest BCUT2D eigenvalue weighted by atomic mass is 16.6. The molecule has 0 bridgehead atoms. The van der Waals surface area contributed by atoms with Crippen LogP contribution in [0.25, 0.3) is 0 Å². The van der Waals surface area contributed by atoms with Crippen molar-refractivity contribution in [3.63, 3.8) is 0 Å². The first-order chi connectivity index (χ1) is 8.76. The monoisotopic (exact) mass is 265 g/mol. The lowest BCUT2D eigenvalue weighted by molar-refractivity contribution is 0.101. The molecule has 0 aliphatic carbocycles. The Morgan fingerprint density at radius 1 is 1.00 bits per heavy atom. The van der Waals surface area contributed by atoms with E-state index in [1.807, 2.05) is 12.1 Å². The Kier molecular flexibility index (Phi) is 5.39. The normalized spacial score (nSPS) is 12.5. The maximum Gasteiger partial charge on any atom is 0.123 e. The molecular weight excluding hydrogens is 238 g/mol. The minimum atomic E-state index is 0.0679. The molecule has 0 spiro atoms. The molecule has 0 fully saturated rings. The van der Waals surface area contributed by atoms with Crippen LogP contribution in [0.3, 0.4) is 0 Å². The van der Waals surface area contributed by atoms with Gasteiger partial charge in [0.2, 0.25) is 0 Å². The lowest BCUT2D eigenvalue weighted by Crippen LogP contribution is -2.25. The second-order valence-corrected chi connectivity index (χ2v) is 6.84. The predicted octanol–water partition coefficient (Wildman–Crippen LogP) is 3.67. The zero-order chi connectivity index (χ0) is 14.5. The number of hydrogen-bond acceptors (Lipinski definition) is 3. The lowest BCUT2D eigenvalue weighted by atomic mass is 9.72. The molecule has 3 heteroatoms. The van der Waals surface area contributed by atoms with Gasteiger partial charge >= 0.3 is 0 Å². The minimum absolute atomic E-state index is 0.0679. The van der Waals surface area contributed by atoms with Crippen molar-refractivity contribution in [2.45, 2.75) is 46.5 Å². The third kappa shape index (κ3) is 5.21. The van der Waals surface area contributed by atoms with Gasteiger partial charge in [-0.1, -0.05) is 52.8 Å². The fourth-order valence-electron chi connectivity index (χ4n) is 2.77. The Hall–Kier alpha value is -1.06. The van der Waals surface area contributed by atoms with E-state index in [1.165, 1.54) is 5.56 Å². The highest BCUT2D eigenvalue weighted by molar-refractivity contribution is 5.39. The van der Waals surface area contributed by atoms with E-state index in [0.29, 0.717) is 13.2 Å². The van der Waals surface area contributed by atoms with Gasteiger partial charge in [0.15, 0.2) is 0 Å². The van der Waals surface area contributed by atoms with Crippen LogP contribution in [-0.2, 0) is 10.3 Å². The van der Waals surface area contributed by atoms with Gasteiger partial charge in [-0.25, -0.2) is 5.90 Å². The molecule has 2 N–H and O–H groups in total. The predicted molar refractivity (Wildman–Crippen MR) is 79.2 cm³/mol. The van der Waals surface area contributed by atoms with E-state index < -0.39 is 0 Å². The topological polar surface area (TPSA) is 44.5 Å².